The first-order valence-corrected chi connectivity index (χ1v) is 6.10. The maximum atomic E-state index is 5.16. The fourth-order valence-corrected chi connectivity index (χ4v) is 1.99. The molecule has 2 rings (SSSR count). The van der Waals surface area contributed by atoms with Crippen molar-refractivity contribution < 1.29 is 4.42 Å². The fraction of sp³-hybridized carbons (Fsp3) is 0.333. The molecule has 0 fully saturated rings. The van der Waals surface area contributed by atoms with E-state index in [1.165, 1.54) is 16.7 Å². The molecule has 1 atom stereocenters. The lowest BCUT2D eigenvalue weighted by Crippen LogP contribution is -2.22. The molecule has 0 spiro atoms. The zero-order valence-corrected chi connectivity index (χ0v) is 10.4. The molecule has 0 aliphatic heterocycles. The van der Waals surface area contributed by atoms with E-state index in [0.29, 0.717) is 6.04 Å². The van der Waals surface area contributed by atoms with Gasteiger partial charge in [0.1, 0.15) is 0 Å². The summed E-state index contributed by atoms with van der Waals surface area (Å²) in [5, 5.41) is 3.49. The van der Waals surface area contributed by atoms with E-state index in [1.807, 2.05) is 12.3 Å². The van der Waals surface area contributed by atoms with Crippen LogP contribution in [0.3, 0.4) is 0 Å². The third kappa shape index (κ3) is 3.21. The summed E-state index contributed by atoms with van der Waals surface area (Å²) < 4.78 is 5.16. The third-order valence-corrected chi connectivity index (χ3v) is 2.96. The number of nitrogens with one attached hydrogen (secondary N) is 1. The van der Waals surface area contributed by atoms with Crippen LogP contribution >= 0.6 is 0 Å². The Balaban J connectivity index is 2.10. The minimum Gasteiger partial charge on any atom is -0.472 e. The smallest absolute Gasteiger partial charge is 0.0950 e. The number of hydrogen-bond acceptors (Lipinski definition) is 2. The van der Waals surface area contributed by atoms with E-state index in [4.69, 9.17) is 4.42 Å². The van der Waals surface area contributed by atoms with Gasteiger partial charge in [-0.25, -0.2) is 0 Å². The molecule has 0 saturated carbocycles. The summed E-state index contributed by atoms with van der Waals surface area (Å²) in [5.41, 5.74) is 3.87. The molecule has 2 nitrogen and oxygen atoms in total. The molecule has 0 bridgehead atoms. The summed E-state index contributed by atoms with van der Waals surface area (Å²) in [6.45, 7) is 5.20. The van der Waals surface area contributed by atoms with Gasteiger partial charge in [-0.15, -0.1) is 0 Å². The van der Waals surface area contributed by atoms with Crippen LogP contribution in [0.4, 0.5) is 0 Å². The summed E-state index contributed by atoms with van der Waals surface area (Å²) in [6.07, 6.45) is 4.55. The van der Waals surface area contributed by atoms with E-state index < -0.39 is 0 Å². The minimum atomic E-state index is 0.335. The van der Waals surface area contributed by atoms with E-state index in [9.17, 15) is 0 Å². The van der Waals surface area contributed by atoms with Crippen molar-refractivity contribution in [2.45, 2.75) is 26.3 Å². The molecule has 1 aromatic heterocycles. The summed E-state index contributed by atoms with van der Waals surface area (Å²) in [4.78, 5) is 0. The Kier molecular flexibility index (Phi) is 3.99. The SMILES string of the molecule is CCNC(Cc1ccc(C)cc1)c1ccoc1. The molecule has 90 valence electrons. The highest BCUT2D eigenvalue weighted by Gasteiger charge is 2.11. The van der Waals surface area contributed by atoms with Gasteiger partial charge in [0.05, 0.1) is 12.5 Å². The standard InChI is InChI=1S/C15H19NO/c1-3-16-15(14-8-9-17-11-14)10-13-6-4-12(2)5-7-13/h4-9,11,15-16H,3,10H2,1-2H3. The Hall–Kier alpha value is -1.54. The fourth-order valence-electron chi connectivity index (χ4n) is 1.99. The number of aryl methyl sites for hydroxylation is 1. The maximum Gasteiger partial charge on any atom is 0.0950 e. The minimum absolute atomic E-state index is 0.335. The molecule has 0 aliphatic carbocycles. The molecule has 2 heteroatoms. The van der Waals surface area contributed by atoms with Crippen LogP contribution in [-0.4, -0.2) is 6.54 Å². The Bertz CT molecular complexity index is 430. The monoisotopic (exact) mass is 229 g/mol. The highest BCUT2D eigenvalue weighted by atomic mass is 16.3. The van der Waals surface area contributed by atoms with E-state index in [-0.39, 0.29) is 0 Å². The van der Waals surface area contributed by atoms with E-state index in [2.05, 4.69) is 43.4 Å². The molecule has 1 N–H and O–H groups in total. The Morgan fingerprint density at radius 3 is 2.53 bits per heavy atom. The first kappa shape index (κ1) is 11.9. The molecule has 0 aliphatic rings. The van der Waals surface area contributed by atoms with Crippen LogP contribution in [-0.2, 0) is 6.42 Å². The second-order valence-corrected chi connectivity index (χ2v) is 4.36. The lowest BCUT2D eigenvalue weighted by molar-refractivity contribution is 0.525. The molecule has 17 heavy (non-hydrogen) atoms. The van der Waals surface area contributed by atoms with Crippen molar-refractivity contribution in [2.24, 2.45) is 0 Å². The van der Waals surface area contributed by atoms with Gasteiger partial charge < -0.3 is 9.73 Å². The maximum absolute atomic E-state index is 5.16. The molecule has 2 aromatic rings. The summed E-state index contributed by atoms with van der Waals surface area (Å²) in [7, 11) is 0. The first-order valence-electron chi connectivity index (χ1n) is 6.10. The van der Waals surface area contributed by atoms with Crippen LogP contribution in [0.15, 0.2) is 47.3 Å². The van der Waals surface area contributed by atoms with Gasteiger partial charge in [-0.2, -0.15) is 0 Å². The molecule has 0 radical (unpaired) electrons. The van der Waals surface area contributed by atoms with Gasteiger partial charge >= 0.3 is 0 Å². The Morgan fingerprint density at radius 1 is 1.18 bits per heavy atom. The van der Waals surface area contributed by atoms with E-state index in [0.717, 1.165) is 13.0 Å². The average molecular weight is 229 g/mol. The average Bonchev–Trinajstić information content (AvgIpc) is 2.85. The van der Waals surface area contributed by atoms with Gasteiger partial charge in [0.2, 0.25) is 0 Å². The van der Waals surface area contributed by atoms with Crippen LogP contribution in [0.1, 0.15) is 29.7 Å². The van der Waals surface area contributed by atoms with Crippen molar-refractivity contribution in [3.63, 3.8) is 0 Å². The molecular formula is C15H19NO. The van der Waals surface area contributed by atoms with Crippen molar-refractivity contribution in [3.8, 4) is 0 Å². The second kappa shape index (κ2) is 5.69. The van der Waals surface area contributed by atoms with Gasteiger partial charge in [-0.1, -0.05) is 36.8 Å². The number of benzene rings is 1. The zero-order chi connectivity index (χ0) is 12.1. The summed E-state index contributed by atoms with van der Waals surface area (Å²) >= 11 is 0. The van der Waals surface area contributed by atoms with Gasteiger partial charge in [0.25, 0.3) is 0 Å². The Labute approximate surface area is 103 Å². The lowest BCUT2D eigenvalue weighted by Gasteiger charge is -2.16. The molecule has 1 heterocycles. The van der Waals surface area contributed by atoms with E-state index in [1.54, 1.807) is 6.26 Å². The van der Waals surface area contributed by atoms with Crippen LogP contribution in [0, 0.1) is 6.92 Å². The predicted molar refractivity (Wildman–Crippen MR) is 70.0 cm³/mol. The lowest BCUT2D eigenvalue weighted by atomic mass is 10.0. The highest BCUT2D eigenvalue weighted by molar-refractivity contribution is 5.24. The summed E-state index contributed by atoms with van der Waals surface area (Å²) in [5.74, 6) is 0. The number of likely N-dealkylation sites (N-methyl/N-ethyl adjacent to an activating group) is 1. The largest absolute Gasteiger partial charge is 0.472 e. The zero-order valence-electron chi connectivity index (χ0n) is 10.4. The highest BCUT2D eigenvalue weighted by Crippen LogP contribution is 2.19. The van der Waals surface area contributed by atoms with Crippen LogP contribution in [0.5, 0.6) is 0 Å². The molecule has 1 unspecified atom stereocenters. The Morgan fingerprint density at radius 2 is 1.94 bits per heavy atom. The number of hydrogen-bond donors (Lipinski definition) is 1. The van der Waals surface area contributed by atoms with Crippen molar-refractivity contribution >= 4 is 0 Å². The van der Waals surface area contributed by atoms with Crippen molar-refractivity contribution in [2.75, 3.05) is 6.54 Å². The first-order chi connectivity index (χ1) is 8.29. The molecule has 0 saturated heterocycles. The normalized spacial score (nSPS) is 12.6. The quantitative estimate of drug-likeness (QED) is 0.849. The van der Waals surface area contributed by atoms with Crippen molar-refractivity contribution in [1.82, 2.24) is 5.32 Å². The third-order valence-electron chi connectivity index (χ3n) is 2.96. The second-order valence-electron chi connectivity index (χ2n) is 4.36. The van der Waals surface area contributed by atoms with Crippen molar-refractivity contribution in [3.05, 3.63) is 59.5 Å². The molecular weight excluding hydrogens is 210 g/mol. The van der Waals surface area contributed by atoms with Crippen LogP contribution < -0.4 is 5.32 Å². The van der Waals surface area contributed by atoms with Gasteiger partial charge in [0, 0.05) is 11.6 Å². The van der Waals surface area contributed by atoms with Crippen molar-refractivity contribution in [1.29, 1.82) is 0 Å². The topological polar surface area (TPSA) is 25.2 Å². The number of furan rings is 1. The number of rotatable bonds is 5. The van der Waals surface area contributed by atoms with E-state index >= 15 is 0 Å². The van der Waals surface area contributed by atoms with Crippen LogP contribution in [0.2, 0.25) is 0 Å². The van der Waals surface area contributed by atoms with Gasteiger partial charge in [-0.3, -0.25) is 0 Å². The van der Waals surface area contributed by atoms with Gasteiger partial charge in [0.15, 0.2) is 0 Å². The molecule has 0 amide bonds. The van der Waals surface area contributed by atoms with Crippen LogP contribution in [0.25, 0.3) is 0 Å². The predicted octanol–water partition coefficient (Wildman–Crippen LogP) is 3.48. The molecule has 1 aromatic carbocycles. The summed E-state index contributed by atoms with van der Waals surface area (Å²) in [6, 6.07) is 11.1. The van der Waals surface area contributed by atoms with Gasteiger partial charge in [-0.05, 0) is 31.5 Å².